The zero-order valence-corrected chi connectivity index (χ0v) is 33.5. The van der Waals surface area contributed by atoms with Crippen molar-refractivity contribution in [1.29, 1.82) is 0 Å². The Balaban J connectivity index is 1.19. The lowest BCUT2D eigenvalue weighted by molar-refractivity contribution is 0.669. The van der Waals surface area contributed by atoms with Gasteiger partial charge in [0.15, 0.2) is 17.5 Å². The standard InChI is InChI=1S/C57H36N4O/c1-5-17-37(18-6-1)41-29-31-43(38-19-7-2-8-20-38)46(35-41)42-30-32-49(47(36-42)57-59-55(39-21-9-3-10-22-39)58-56(60-57)40-23-11-4-12-24-40)61-48-27-15-13-25-44(48)53-50(61)33-34-52-54(53)45-26-14-16-28-51(45)62-52/h1-36H. The summed E-state index contributed by atoms with van der Waals surface area (Å²) >= 11 is 0. The van der Waals surface area contributed by atoms with Crippen LogP contribution in [-0.4, -0.2) is 19.5 Å². The topological polar surface area (TPSA) is 56.7 Å². The fraction of sp³-hybridized carbons (Fsp3) is 0. The average Bonchev–Trinajstić information content (AvgIpc) is 3.90. The molecule has 62 heavy (non-hydrogen) atoms. The number of hydrogen-bond acceptors (Lipinski definition) is 4. The molecule has 0 amide bonds. The zero-order chi connectivity index (χ0) is 41.0. The van der Waals surface area contributed by atoms with Gasteiger partial charge in [-0.1, -0.05) is 176 Å². The number of furan rings is 1. The van der Waals surface area contributed by atoms with E-state index >= 15 is 0 Å². The highest BCUT2D eigenvalue weighted by Crippen LogP contribution is 2.44. The lowest BCUT2D eigenvalue weighted by atomic mass is 9.90. The van der Waals surface area contributed by atoms with E-state index in [0.717, 1.165) is 99.5 Å². The normalized spacial score (nSPS) is 11.5. The van der Waals surface area contributed by atoms with Gasteiger partial charge in [0.1, 0.15) is 11.2 Å². The van der Waals surface area contributed by atoms with Crippen molar-refractivity contribution < 1.29 is 4.42 Å². The maximum Gasteiger partial charge on any atom is 0.166 e. The third kappa shape index (κ3) is 5.98. The van der Waals surface area contributed by atoms with Crippen LogP contribution in [0.3, 0.4) is 0 Å². The van der Waals surface area contributed by atoms with E-state index in [4.69, 9.17) is 19.4 Å². The van der Waals surface area contributed by atoms with E-state index in [1.807, 2.05) is 48.5 Å². The Kier molecular flexibility index (Phi) is 8.42. The highest BCUT2D eigenvalue weighted by atomic mass is 16.3. The third-order valence-electron chi connectivity index (χ3n) is 11.9. The highest BCUT2D eigenvalue weighted by Gasteiger charge is 2.23. The molecule has 0 saturated carbocycles. The van der Waals surface area contributed by atoms with Crippen LogP contribution in [0.25, 0.3) is 117 Å². The fourth-order valence-electron chi connectivity index (χ4n) is 9.00. The quantitative estimate of drug-likeness (QED) is 0.161. The number of fused-ring (bicyclic) bond motifs is 7. The molecule has 3 aromatic heterocycles. The molecule has 12 aromatic rings. The molecule has 0 N–H and O–H groups in total. The van der Waals surface area contributed by atoms with E-state index in [1.54, 1.807) is 0 Å². The van der Waals surface area contributed by atoms with Crippen molar-refractivity contribution in [3.63, 3.8) is 0 Å². The molecule has 0 spiro atoms. The second-order valence-corrected chi connectivity index (χ2v) is 15.5. The van der Waals surface area contributed by atoms with Crippen LogP contribution in [0.5, 0.6) is 0 Å². The molecule has 0 aliphatic rings. The molecule has 0 fully saturated rings. The Morgan fingerprint density at radius 2 is 0.855 bits per heavy atom. The fourth-order valence-corrected chi connectivity index (χ4v) is 9.00. The third-order valence-corrected chi connectivity index (χ3v) is 11.9. The van der Waals surface area contributed by atoms with Crippen LogP contribution in [0, 0.1) is 0 Å². The van der Waals surface area contributed by atoms with Crippen molar-refractivity contribution in [2.24, 2.45) is 0 Å². The molecule has 9 aromatic carbocycles. The first-order valence-corrected chi connectivity index (χ1v) is 20.9. The van der Waals surface area contributed by atoms with Gasteiger partial charge in [-0.2, -0.15) is 0 Å². The Morgan fingerprint density at radius 1 is 0.306 bits per heavy atom. The number of para-hydroxylation sites is 2. The molecule has 0 aliphatic heterocycles. The highest BCUT2D eigenvalue weighted by molar-refractivity contribution is 6.27. The first kappa shape index (κ1) is 35.5. The lowest BCUT2D eigenvalue weighted by Gasteiger charge is -2.18. The number of benzene rings is 9. The van der Waals surface area contributed by atoms with E-state index in [9.17, 15) is 0 Å². The smallest absolute Gasteiger partial charge is 0.166 e. The summed E-state index contributed by atoms with van der Waals surface area (Å²) in [7, 11) is 0. The van der Waals surface area contributed by atoms with E-state index in [0.29, 0.717) is 17.5 Å². The predicted octanol–water partition coefficient (Wildman–Crippen LogP) is 14.9. The Labute approximate surface area is 357 Å². The molecule has 5 nitrogen and oxygen atoms in total. The molecule has 0 unspecified atom stereocenters. The molecule has 12 rings (SSSR count). The van der Waals surface area contributed by atoms with Crippen LogP contribution < -0.4 is 0 Å². The van der Waals surface area contributed by atoms with Crippen LogP contribution >= 0.6 is 0 Å². The minimum absolute atomic E-state index is 0.579. The van der Waals surface area contributed by atoms with Crippen molar-refractivity contribution in [3.8, 4) is 73.2 Å². The summed E-state index contributed by atoms with van der Waals surface area (Å²) in [6.07, 6.45) is 0. The second kappa shape index (κ2) is 14.7. The van der Waals surface area contributed by atoms with Crippen molar-refractivity contribution >= 4 is 43.7 Å². The van der Waals surface area contributed by atoms with Crippen molar-refractivity contribution in [1.82, 2.24) is 19.5 Å². The first-order chi connectivity index (χ1) is 30.7. The summed E-state index contributed by atoms with van der Waals surface area (Å²) in [6, 6.07) is 76.3. The summed E-state index contributed by atoms with van der Waals surface area (Å²) < 4.78 is 8.82. The molecule has 3 heterocycles. The molecule has 0 bridgehead atoms. The molecule has 0 aliphatic carbocycles. The van der Waals surface area contributed by atoms with E-state index in [-0.39, 0.29) is 0 Å². The monoisotopic (exact) mass is 792 g/mol. The second-order valence-electron chi connectivity index (χ2n) is 15.5. The van der Waals surface area contributed by atoms with Crippen LogP contribution in [0.15, 0.2) is 223 Å². The van der Waals surface area contributed by atoms with Crippen molar-refractivity contribution in [3.05, 3.63) is 218 Å². The molecule has 0 saturated heterocycles. The van der Waals surface area contributed by atoms with Crippen molar-refractivity contribution in [2.45, 2.75) is 0 Å². The largest absolute Gasteiger partial charge is 0.456 e. The van der Waals surface area contributed by atoms with E-state index in [2.05, 4.69) is 174 Å². The van der Waals surface area contributed by atoms with Gasteiger partial charge >= 0.3 is 0 Å². The summed E-state index contributed by atoms with van der Waals surface area (Å²) in [5, 5.41) is 4.48. The van der Waals surface area contributed by atoms with Gasteiger partial charge in [0.25, 0.3) is 0 Å². The summed E-state index contributed by atoms with van der Waals surface area (Å²) in [5.41, 5.74) is 14.3. The molecule has 290 valence electrons. The maximum absolute atomic E-state index is 6.45. The minimum Gasteiger partial charge on any atom is -0.456 e. The number of aromatic nitrogens is 4. The van der Waals surface area contributed by atoms with Gasteiger partial charge in [-0.15, -0.1) is 0 Å². The molecular formula is C57H36N4O. The van der Waals surface area contributed by atoms with Crippen LogP contribution in [-0.2, 0) is 0 Å². The molecule has 0 radical (unpaired) electrons. The predicted molar refractivity (Wildman–Crippen MR) is 254 cm³/mol. The van der Waals surface area contributed by atoms with E-state index in [1.165, 1.54) is 0 Å². The van der Waals surface area contributed by atoms with Gasteiger partial charge in [0.05, 0.1) is 16.7 Å². The SMILES string of the molecule is c1ccc(-c2ccc(-c3ccccc3)c(-c3ccc(-n4c5ccccc5c5c6c(ccc54)oc4ccccc46)c(-c4nc(-c5ccccc5)nc(-c5ccccc5)n4)c3)c2)cc1. The Bertz CT molecular complexity index is 3560. The lowest BCUT2D eigenvalue weighted by Crippen LogP contribution is -2.04. The van der Waals surface area contributed by atoms with Crippen LogP contribution in [0.1, 0.15) is 0 Å². The van der Waals surface area contributed by atoms with E-state index < -0.39 is 0 Å². The summed E-state index contributed by atoms with van der Waals surface area (Å²) in [4.78, 5) is 15.8. The Morgan fingerprint density at radius 3 is 1.55 bits per heavy atom. The van der Waals surface area contributed by atoms with Crippen LogP contribution in [0.4, 0.5) is 0 Å². The van der Waals surface area contributed by atoms with Gasteiger partial charge in [0, 0.05) is 38.2 Å². The minimum atomic E-state index is 0.579. The molecule has 5 heteroatoms. The number of nitrogens with zero attached hydrogens (tertiary/aromatic N) is 4. The average molecular weight is 793 g/mol. The van der Waals surface area contributed by atoms with Gasteiger partial charge < -0.3 is 8.98 Å². The molecule has 0 atom stereocenters. The van der Waals surface area contributed by atoms with Crippen molar-refractivity contribution in [2.75, 3.05) is 0 Å². The number of rotatable bonds is 7. The number of hydrogen-bond donors (Lipinski definition) is 0. The van der Waals surface area contributed by atoms with Gasteiger partial charge in [-0.3, -0.25) is 0 Å². The van der Waals surface area contributed by atoms with Gasteiger partial charge in [-0.05, 0) is 75.8 Å². The van der Waals surface area contributed by atoms with Crippen LogP contribution in [0.2, 0.25) is 0 Å². The zero-order valence-electron chi connectivity index (χ0n) is 33.5. The summed E-state index contributed by atoms with van der Waals surface area (Å²) in [6.45, 7) is 0. The van der Waals surface area contributed by atoms with Gasteiger partial charge in [0.2, 0.25) is 0 Å². The maximum atomic E-state index is 6.45. The summed E-state index contributed by atoms with van der Waals surface area (Å²) in [5.74, 6) is 1.79. The Hall–Kier alpha value is -8.41. The van der Waals surface area contributed by atoms with Gasteiger partial charge in [-0.25, -0.2) is 15.0 Å². The molecular weight excluding hydrogens is 757 g/mol. The first-order valence-electron chi connectivity index (χ1n) is 20.9.